The number of likely N-dealkylation sites (tertiary alicyclic amines) is 1. The molecule has 1 fully saturated rings. The molecular formula is C14H23ClN4. The fraction of sp³-hybridized carbons (Fsp3) is 0.714. The Morgan fingerprint density at radius 3 is 2.79 bits per heavy atom. The van der Waals surface area contributed by atoms with Gasteiger partial charge in [-0.3, -0.25) is 0 Å². The van der Waals surface area contributed by atoms with Gasteiger partial charge in [0, 0.05) is 18.7 Å². The van der Waals surface area contributed by atoms with Crippen LogP contribution in [0.15, 0.2) is 6.33 Å². The zero-order valence-electron chi connectivity index (χ0n) is 11.8. The Kier molecular flexibility index (Phi) is 5.40. The molecule has 0 bridgehead atoms. The van der Waals surface area contributed by atoms with Gasteiger partial charge in [-0.1, -0.05) is 25.4 Å². The Morgan fingerprint density at radius 1 is 1.37 bits per heavy atom. The summed E-state index contributed by atoms with van der Waals surface area (Å²) in [6.45, 7) is 8.82. The summed E-state index contributed by atoms with van der Waals surface area (Å²) in [6, 6.07) is 0. The highest BCUT2D eigenvalue weighted by Crippen LogP contribution is 2.20. The summed E-state index contributed by atoms with van der Waals surface area (Å²) >= 11 is 6.07. The van der Waals surface area contributed by atoms with Crippen molar-refractivity contribution >= 4 is 17.4 Å². The van der Waals surface area contributed by atoms with Crippen LogP contribution in [0.1, 0.15) is 32.3 Å². The SMILES string of the molecule is CCc1c(Cl)ncnc1NCCN1CCC(C)CC1. The van der Waals surface area contributed by atoms with Crippen LogP contribution >= 0.6 is 11.6 Å². The van der Waals surface area contributed by atoms with Gasteiger partial charge in [-0.15, -0.1) is 0 Å². The number of nitrogens with zero attached hydrogens (tertiary/aromatic N) is 3. The van der Waals surface area contributed by atoms with Crippen LogP contribution < -0.4 is 5.32 Å². The molecule has 0 saturated carbocycles. The topological polar surface area (TPSA) is 41.1 Å². The van der Waals surface area contributed by atoms with Gasteiger partial charge in [0.25, 0.3) is 0 Å². The number of aromatic nitrogens is 2. The molecule has 0 radical (unpaired) electrons. The lowest BCUT2D eigenvalue weighted by Crippen LogP contribution is -2.36. The summed E-state index contributed by atoms with van der Waals surface area (Å²) in [7, 11) is 0. The first-order valence-electron chi connectivity index (χ1n) is 7.16. The monoisotopic (exact) mass is 282 g/mol. The second-order valence-corrected chi connectivity index (χ2v) is 5.65. The minimum atomic E-state index is 0.562. The van der Waals surface area contributed by atoms with E-state index in [0.717, 1.165) is 36.8 Å². The van der Waals surface area contributed by atoms with E-state index in [0.29, 0.717) is 5.15 Å². The van der Waals surface area contributed by atoms with Crippen molar-refractivity contribution in [1.82, 2.24) is 14.9 Å². The first-order chi connectivity index (χ1) is 9.20. The third-order valence-electron chi connectivity index (χ3n) is 3.84. The number of rotatable bonds is 5. The molecule has 1 N–H and O–H groups in total. The highest BCUT2D eigenvalue weighted by molar-refractivity contribution is 6.30. The highest BCUT2D eigenvalue weighted by Gasteiger charge is 2.15. The highest BCUT2D eigenvalue weighted by atomic mass is 35.5. The van der Waals surface area contributed by atoms with Gasteiger partial charge in [0.2, 0.25) is 0 Å². The summed E-state index contributed by atoms with van der Waals surface area (Å²) in [5.41, 5.74) is 1.01. The quantitative estimate of drug-likeness (QED) is 0.843. The molecule has 0 atom stereocenters. The molecule has 0 aliphatic carbocycles. The van der Waals surface area contributed by atoms with Crippen LogP contribution in [-0.2, 0) is 6.42 Å². The molecule has 1 aliphatic heterocycles. The van der Waals surface area contributed by atoms with Crippen molar-refractivity contribution in [2.75, 3.05) is 31.5 Å². The third-order valence-corrected chi connectivity index (χ3v) is 4.17. The van der Waals surface area contributed by atoms with E-state index in [9.17, 15) is 0 Å². The Labute approximate surface area is 120 Å². The lowest BCUT2D eigenvalue weighted by atomic mass is 9.99. The fourth-order valence-electron chi connectivity index (χ4n) is 2.47. The first-order valence-corrected chi connectivity index (χ1v) is 7.54. The van der Waals surface area contributed by atoms with Crippen molar-refractivity contribution in [1.29, 1.82) is 0 Å². The third kappa shape index (κ3) is 4.05. The Hall–Kier alpha value is -0.870. The van der Waals surface area contributed by atoms with Crippen LogP contribution in [-0.4, -0.2) is 41.0 Å². The summed E-state index contributed by atoms with van der Waals surface area (Å²) in [5, 5.41) is 3.95. The summed E-state index contributed by atoms with van der Waals surface area (Å²) < 4.78 is 0. The number of piperidine rings is 1. The predicted molar refractivity (Wildman–Crippen MR) is 79.7 cm³/mol. The van der Waals surface area contributed by atoms with E-state index in [4.69, 9.17) is 11.6 Å². The van der Waals surface area contributed by atoms with Crippen molar-refractivity contribution in [2.45, 2.75) is 33.1 Å². The smallest absolute Gasteiger partial charge is 0.137 e. The average molecular weight is 283 g/mol. The number of hydrogen-bond donors (Lipinski definition) is 1. The molecule has 1 aromatic heterocycles. The zero-order valence-corrected chi connectivity index (χ0v) is 12.6. The average Bonchev–Trinajstić information content (AvgIpc) is 2.41. The van der Waals surface area contributed by atoms with Gasteiger partial charge in [-0.25, -0.2) is 9.97 Å². The van der Waals surface area contributed by atoms with Crippen LogP contribution in [0.5, 0.6) is 0 Å². The summed E-state index contributed by atoms with van der Waals surface area (Å²) in [6.07, 6.45) is 5.01. The molecule has 1 aliphatic rings. The molecule has 1 aromatic rings. The van der Waals surface area contributed by atoms with E-state index in [1.807, 2.05) is 0 Å². The van der Waals surface area contributed by atoms with Crippen molar-refractivity contribution in [3.63, 3.8) is 0 Å². The Bertz CT molecular complexity index is 402. The Morgan fingerprint density at radius 2 is 2.11 bits per heavy atom. The van der Waals surface area contributed by atoms with Gasteiger partial charge < -0.3 is 10.2 Å². The van der Waals surface area contributed by atoms with Gasteiger partial charge in [0.1, 0.15) is 17.3 Å². The number of anilines is 1. The molecule has 1 saturated heterocycles. The maximum absolute atomic E-state index is 6.07. The lowest BCUT2D eigenvalue weighted by Gasteiger charge is -2.30. The minimum absolute atomic E-state index is 0.562. The maximum atomic E-state index is 6.07. The lowest BCUT2D eigenvalue weighted by molar-refractivity contribution is 0.199. The number of hydrogen-bond acceptors (Lipinski definition) is 4. The second-order valence-electron chi connectivity index (χ2n) is 5.30. The summed E-state index contributed by atoms with van der Waals surface area (Å²) in [4.78, 5) is 10.8. The summed E-state index contributed by atoms with van der Waals surface area (Å²) in [5.74, 6) is 1.77. The molecule has 106 valence electrons. The van der Waals surface area contributed by atoms with E-state index in [1.54, 1.807) is 0 Å². The zero-order chi connectivity index (χ0) is 13.7. The fourth-order valence-corrected chi connectivity index (χ4v) is 2.74. The first kappa shape index (κ1) is 14.5. The van der Waals surface area contributed by atoms with E-state index >= 15 is 0 Å². The van der Waals surface area contributed by atoms with Crippen LogP contribution in [0, 0.1) is 5.92 Å². The molecule has 5 heteroatoms. The van der Waals surface area contributed by atoms with Crippen molar-refractivity contribution in [2.24, 2.45) is 5.92 Å². The molecule has 0 spiro atoms. The molecule has 0 unspecified atom stereocenters. The standard InChI is InChI=1S/C14H23ClN4/c1-3-12-13(15)17-10-18-14(12)16-6-9-19-7-4-11(2)5-8-19/h10-11H,3-9H2,1-2H3,(H,16,17,18). The van der Waals surface area contributed by atoms with Gasteiger partial charge in [-0.2, -0.15) is 0 Å². The van der Waals surface area contributed by atoms with Crippen molar-refractivity contribution in [3.8, 4) is 0 Å². The van der Waals surface area contributed by atoms with E-state index < -0.39 is 0 Å². The second kappa shape index (κ2) is 7.06. The molecule has 0 aromatic carbocycles. The van der Waals surface area contributed by atoms with Gasteiger partial charge in [0.05, 0.1) is 0 Å². The van der Waals surface area contributed by atoms with Crippen molar-refractivity contribution in [3.05, 3.63) is 17.0 Å². The number of nitrogens with one attached hydrogen (secondary N) is 1. The van der Waals surface area contributed by atoms with E-state index in [1.165, 1.54) is 32.3 Å². The van der Waals surface area contributed by atoms with Crippen LogP contribution in [0.25, 0.3) is 0 Å². The Balaban J connectivity index is 1.81. The maximum Gasteiger partial charge on any atom is 0.137 e. The molecule has 2 rings (SSSR count). The van der Waals surface area contributed by atoms with E-state index in [2.05, 4.69) is 34.0 Å². The molecule has 0 amide bonds. The molecule has 2 heterocycles. The predicted octanol–water partition coefficient (Wildman–Crippen LogP) is 2.84. The van der Waals surface area contributed by atoms with Gasteiger partial charge in [0.15, 0.2) is 0 Å². The number of halogens is 1. The molecule has 19 heavy (non-hydrogen) atoms. The van der Waals surface area contributed by atoms with Crippen LogP contribution in [0.2, 0.25) is 5.15 Å². The largest absolute Gasteiger partial charge is 0.368 e. The minimum Gasteiger partial charge on any atom is -0.368 e. The molecule has 4 nitrogen and oxygen atoms in total. The van der Waals surface area contributed by atoms with Crippen molar-refractivity contribution < 1.29 is 0 Å². The van der Waals surface area contributed by atoms with E-state index in [-0.39, 0.29) is 0 Å². The van der Waals surface area contributed by atoms with Crippen LogP contribution in [0.3, 0.4) is 0 Å². The van der Waals surface area contributed by atoms with Gasteiger partial charge >= 0.3 is 0 Å². The molecular weight excluding hydrogens is 260 g/mol. The van der Waals surface area contributed by atoms with Gasteiger partial charge in [-0.05, 0) is 38.3 Å². The normalized spacial score (nSPS) is 17.6. The van der Waals surface area contributed by atoms with Crippen LogP contribution in [0.4, 0.5) is 5.82 Å².